The summed E-state index contributed by atoms with van der Waals surface area (Å²) in [5, 5.41) is 3.18. The number of nitrogens with one attached hydrogen (secondary N) is 1. The van der Waals surface area contributed by atoms with E-state index in [9.17, 15) is 9.00 Å². The van der Waals surface area contributed by atoms with E-state index in [-0.39, 0.29) is 30.8 Å². The van der Waals surface area contributed by atoms with E-state index in [0.29, 0.717) is 17.5 Å². The molecule has 1 fully saturated rings. The Hall–Kier alpha value is -0.950. The van der Waals surface area contributed by atoms with Gasteiger partial charge < -0.3 is 15.8 Å². The lowest BCUT2D eigenvalue weighted by molar-refractivity contribution is -0.118. The van der Waals surface area contributed by atoms with Gasteiger partial charge in [0, 0.05) is 41.1 Å². The molecular formula is C18H29ClN2O3S. The lowest BCUT2D eigenvalue weighted by Crippen LogP contribution is -2.28. The molecule has 0 heterocycles. The molecule has 2 unspecified atom stereocenters. The summed E-state index contributed by atoms with van der Waals surface area (Å²) in [4.78, 5) is 12.0. The highest BCUT2D eigenvalue weighted by atomic mass is 35.5. The van der Waals surface area contributed by atoms with Crippen LogP contribution < -0.4 is 11.1 Å². The van der Waals surface area contributed by atoms with Crippen molar-refractivity contribution in [3.8, 4) is 0 Å². The molecule has 0 radical (unpaired) electrons. The Morgan fingerprint density at radius 3 is 2.72 bits per heavy atom. The molecule has 142 valence electrons. The van der Waals surface area contributed by atoms with Gasteiger partial charge in [-0.2, -0.15) is 0 Å². The van der Waals surface area contributed by atoms with Gasteiger partial charge in [0.2, 0.25) is 5.91 Å². The fourth-order valence-electron chi connectivity index (χ4n) is 3.03. The first-order valence-electron chi connectivity index (χ1n) is 8.61. The van der Waals surface area contributed by atoms with Gasteiger partial charge in [0.05, 0.1) is 12.5 Å². The number of amides is 1. The van der Waals surface area contributed by atoms with Crippen LogP contribution in [0.4, 0.5) is 5.69 Å². The minimum absolute atomic E-state index is 0. The maximum Gasteiger partial charge on any atom is 0.227 e. The summed E-state index contributed by atoms with van der Waals surface area (Å²) in [5.74, 6) is 0.426. The average molecular weight is 389 g/mol. The van der Waals surface area contributed by atoms with Crippen molar-refractivity contribution >= 4 is 34.8 Å². The maximum absolute atomic E-state index is 12.5. The van der Waals surface area contributed by atoms with Gasteiger partial charge >= 0.3 is 0 Å². The standard InChI is InChI=1S/C18H28N2O3S.ClH/c1-23-16(12-19)11-18(21)20-15-7-5-6-14(10-15)13-24(22)17-8-3-2-4-9-17;/h5-7,10,16-17H,2-4,8-9,11-13,19H2,1H3,(H,20,21);1H. The van der Waals surface area contributed by atoms with Crippen LogP contribution in [0.2, 0.25) is 0 Å². The molecule has 1 aliphatic rings. The molecule has 1 aromatic rings. The third kappa shape index (κ3) is 7.44. The smallest absolute Gasteiger partial charge is 0.227 e. The summed E-state index contributed by atoms with van der Waals surface area (Å²) >= 11 is 0. The number of methoxy groups -OCH3 is 1. The molecule has 25 heavy (non-hydrogen) atoms. The number of anilines is 1. The first-order valence-corrected chi connectivity index (χ1v) is 9.99. The van der Waals surface area contributed by atoms with E-state index in [1.165, 1.54) is 19.3 Å². The summed E-state index contributed by atoms with van der Waals surface area (Å²) in [7, 11) is 0.708. The van der Waals surface area contributed by atoms with Crippen LogP contribution in [0.5, 0.6) is 0 Å². The van der Waals surface area contributed by atoms with Crippen molar-refractivity contribution in [3.05, 3.63) is 29.8 Å². The first-order chi connectivity index (χ1) is 11.6. The molecular weight excluding hydrogens is 360 g/mol. The SMILES string of the molecule is COC(CN)CC(=O)Nc1cccc(CS(=O)C2CCCCC2)c1.Cl. The molecule has 0 aromatic heterocycles. The van der Waals surface area contributed by atoms with E-state index in [0.717, 1.165) is 24.1 Å². The lowest BCUT2D eigenvalue weighted by Gasteiger charge is -2.21. The molecule has 7 heteroatoms. The molecule has 2 atom stereocenters. The number of hydrogen-bond acceptors (Lipinski definition) is 4. The van der Waals surface area contributed by atoms with Crippen molar-refractivity contribution in [3.63, 3.8) is 0 Å². The van der Waals surface area contributed by atoms with Crippen LogP contribution in [0, 0.1) is 0 Å². The van der Waals surface area contributed by atoms with Crippen LogP contribution >= 0.6 is 12.4 Å². The number of hydrogen-bond donors (Lipinski definition) is 2. The summed E-state index contributed by atoms with van der Waals surface area (Å²) in [6.45, 7) is 0.310. The highest BCUT2D eigenvalue weighted by Crippen LogP contribution is 2.24. The molecule has 0 saturated heterocycles. The summed E-state index contributed by atoms with van der Waals surface area (Å²) in [6, 6.07) is 7.60. The molecule has 2 rings (SSSR count). The number of ether oxygens (including phenoxy) is 1. The van der Waals surface area contributed by atoms with Crippen LogP contribution in [-0.2, 0) is 26.1 Å². The van der Waals surface area contributed by atoms with E-state index in [1.54, 1.807) is 7.11 Å². The molecule has 0 aliphatic heterocycles. The van der Waals surface area contributed by atoms with Crippen molar-refractivity contribution in [2.24, 2.45) is 5.73 Å². The molecule has 3 N–H and O–H groups in total. The van der Waals surface area contributed by atoms with E-state index in [1.807, 2.05) is 24.3 Å². The molecule has 1 saturated carbocycles. The van der Waals surface area contributed by atoms with Gasteiger partial charge in [-0.05, 0) is 30.5 Å². The average Bonchev–Trinajstić information content (AvgIpc) is 2.60. The van der Waals surface area contributed by atoms with Gasteiger partial charge in [0.15, 0.2) is 0 Å². The predicted molar refractivity (Wildman–Crippen MR) is 106 cm³/mol. The number of carbonyl (C=O) groups is 1. The third-order valence-electron chi connectivity index (χ3n) is 4.45. The summed E-state index contributed by atoms with van der Waals surface area (Å²) in [5.41, 5.74) is 7.26. The monoisotopic (exact) mass is 388 g/mol. The second-order valence-corrected chi connectivity index (χ2v) is 8.05. The van der Waals surface area contributed by atoms with E-state index in [2.05, 4.69) is 5.32 Å². The molecule has 1 aromatic carbocycles. The van der Waals surface area contributed by atoms with Gasteiger partial charge in [-0.25, -0.2) is 0 Å². The van der Waals surface area contributed by atoms with Crippen LogP contribution in [0.25, 0.3) is 0 Å². The normalized spacial score (nSPS) is 17.4. The van der Waals surface area contributed by atoms with Gasteiger partial charge in [-0.1, -0.05) is 31.4 Å². The Balaban J connectivity index is 0.00000312. The third-order valence-corrected chi connectivity index (χ3v) is 6.29. The number of rotatable bonds is 8. The Morgan fingerprint density at radius 1 is 1.36 bits per heavy atom. The molecule has 1 aliphatic carbocycles. The van der Waals surface area contributed by atoms with Crippen molar-refractivity contribution in [1.29, 1.82) is 0 Å². The lowest BCUT2D eigenvalue weighted by atomic mass is 10.0. The Bertz CT molecular complexity index is 561. The minimum atomic E-state index is -0.840. The number of carbonyl (C=O) groups excluding carboxylic acids is 1. The Morgan fingerprint density at radius 2 is 2.08 bits per heavy atom. The zero-order valence-corrected chi connectivity index (χ0v) is 16.4. The zero-order chi connectivity index (χ0) is 17.4. The van der Waals surface area contributed by atoms with E-state index in [4.69, 9.17) is 10.5 Å². The zero-order valence-electron chi connectivity index (χ0n) is 14.7. The fraction of sp³-hybridized carbons (Fsp3) is 0.611. The van der Waals surface area contributed by atoms with Crippen LogP contribution in [0.1, 0.15) is 44.1 Å². The minimum Gasteiger partial charge on any atom is -0.380 e. The molecule has 0 bridgehead atoms. The van der Waals surface area contributed by atoms with Crippen LogP contribution in [0.3, 0.4) is 0 Å². The van der Waals surface area contributed by atoms with Gasteiger partial charge in [-0.3, -0.25) is 9.00 Å². The maximum atomic E-state index is 12.5. The summed E-state index contributed by atoms with van der Waals surface area (Å²) < 4.78 is 17.6. The largest absolute Gasteiger partial charge is 0.380 e. The molecule has 5 nitrogen and oxygen atoms in total. The van der Waals surface area contributed by atoms with E-state index >= 15 is 0 Å². The van der Waals surface area contributed by atoms with Crippen molar-refractivity contribution < 1.29 is 13.7 Å². The Labute approximate surface area is 158 Å². The highest BCUT2D eigenvalue weighted by molar-refractivity contribution is 7.84. The van der Waals surface area contributed by atoms with Gasteiger partial charge in [0.25, 0.3) is 0 Å². The first kappa shape index (κ1) is 22.1. The fourth-order valence-corrected chi connectivity index (χ4v) is 4.63. The Kier molecular flexibility index (Phi) is 10.3. The van der Waals surface area contributed by atoms with Crippen LogP contribution in [-0.4, -0.2) is 35.1 Å². The summed E-state index contributed by atoms with van der Waals surface area (Å²) in [6.07, 6.45) is 5.74. The van der Waals surface area contributed by atoms with Crippen LogP contribution in [0.15, 0.2) is 24.3 Å². The van der Waals surface area contributed by atoms with Gasteiger partial charge in [-0.15, -0.1) is 12.4 Å². The highest BCUT2D eigenvalue weighted by Gasteiger charge is 2.20. The number of benzene rings is 1. The number of nitrogens with two attached hydrogens (primary N) is 1. The number of halogens is 1. The van der Waals surface area contributed by atoms with Crippen molar-refractivity contribution in [2.45, 2.75) is 55.6 Å². The molecule has 0 spiro atoms. The second kappa shape index (κ2) is 11.6. The predicted octanol–water partition coefficient (Wildman–Crippen LogP) is 2.99. The molecule has 1 amide bonds. The second-order valence-electron chi connectivity index (χ2n) is 6.33. The van der Waals surface area contributed by atoms with Crippen molar-refractivity contribution in [1.82, 2.24) is 0 Å². The quantitative estimate of drug-likeness (QED) is 0.717. The topological polar surface area (TPSA) is 81.4 Å². The van der Waals surface area contributed by atoms with E-state index < -0.39 is 10.8 Å². The van der Waals surface area contributed by atoms with Crippen molar-refractivity contribution in [2.75, 3.05) is 19.0 Å². The van der Waals surface area contributed by atoms with Gasteiger partial charge in [0.1, 0.15) is 0 Å².